The Kier molecular flexibility index (Phi) is 5.80. The first kappa shape index (κ1) is 21.1. The van der Waals surface area contributed by atoms with Gasteiger partial charge in [-0.25, -0.2) is 4.98 Å². The molecule has 0 spiro atoms. The number of rotatable bonds is 4. The number of pyridine rings is 1. The summed E-state index contributed by atoms with van der Waals surface area (Å²) < 4.78 is 5.95. The zero-order chi connectivity index (χ0) is 22.1. The summed E-state index contributed by atoms with van der Waals surface area (Å²) in [7, 11) is 1.55. The molecule has 0 unspecified atom stereocenters. The molecule has 2 aromatic carbocycles. The van der Waals surface area contributed by atoms with Crippen LogP contribution in [-0.2, 0) is 9.59 Å². The number of carbonyl (C=O) groups excluding carboxylic acids is 2. The zero-order valence-corrected chi connectivity index (χ0v) is 18.6. The number of aliphatic hydroxyl groups excluding tert-OH is 1. The predicted octanol–water partition coefficient (Wildman–Crippen LogP) is 5.13. The molecular formula is C23H16BrClN2O4. The molecule has 4 rings (SSSR count). The average Bonchev–Trinajstić information content (AvgIpc) is 3.05. The van der Waals surface area contributed by atoms with Crippen LogP contribution < -0.4 is 9.64 Å². The number of carbonyl (C=O) groups is 2. The van der Waals surface area contributed by atoms with E-state index in [0.29, 0.717) is 27.7 Å². The molecular weight excluding hydrogens is 484 g/mol. The Morgan fingerprint density at radius 2 is 1.74 bits per heavy atom. The van der Waals surface area contributed by atoms with Gasteiger partial charge in [0.25, 0.3) is 5.78 Å². The van der Waals surface area contributed by atoms with Gasteiger partial charge in [0.15, 0.2) is 0 Å². The van der Waals surface area contributed by atoms with Crippen molar-refractivity contribution < 1.29 is 19.4 Å². The van der Waals surface area contributed by atoms with Crippen LogP contribution in [-0.4, -0.2) is 28.9 Å². The molecule has 31 heavy (non-hydrogen) atoms. The fourth-order valence-electron chi connectivity index (χ4n) is 3.44. The van der Waals surface area contributed by atoms with Gasteiger partial charge in [-0.05, 0) is 70.0 Å². The Morgan fingerprint density at radius 1 is 1.06 bits per heavy atom. The summed E-state index contributed by atoms with van der Waals surface area (Å²) >= 11 is 9.27. The Balaban J connectivity index is 1.92. The first-order chi connectivity index (χ1) is 14.9. The summed E-state index contributed by atoms with van der Waals surface area (Å²) in [5, 5.41) is 11.5. The molecule has 3 aromatic rings. The highest BCUT2D eigenvalue weighted by molar-refractivity contribution is 9.10. The van der Waals surface area contributed by atoms with E-state index in [4.69, 9.17) is 16.3 Å². The van der Waals surface area contributed by atoms with Crippen molar-refractivity contribution in [2.45, 2.75) is 6.04 Å². The molecule has 1 atom stereocenters. The lowest BCUT2D eigenvalue weighted by atomic mass is 9.95. The molecule has 1 fully saturated rings. The summed E-state index contributed by atoms with van der Waals surface area (Å²) in [4.78, 5) is 31.7. The smallest absolute Gasteiger partial charge is 0.301 e. The number of benzene rings is 2. The number of nitrogens with zero attached hydrogens (tertiary/aromatic N) is 2. The number of anilines is 1. The van der Waals surface area contributed by atoms with Crippen molar-refractivity contribution in [1.82, 2.24) is 4.98 Å². The summed E-state index contributed by atoms with van der Waals surface area (Å²) in [6, 6.07) is 15.8. The third kappa shape index (κ3) is 3.94. The molecule has 1 amide bonds. The molecule has 0 aliphatic carbocycles. The van der Waals surface area contributed by atoms with Crippen LogP contribution >= 0.6 is 27.5 Å². The van der Waals surface area contributed by atoms with Gasteiger partial charge in [-0.1, -0.05) is 23.7 Å². The number of halogens is 2. The normalized spacial score (nSPS) is 17.8. The summed E-state index contributed by atoms with van der Waals surface area (Å²) in [6.07, 6.45) is 1.54. The lowest BCUT2D eigenvalue weighted by Gasteiger charge is -2.24. The van der Waals surface area contributed by atoms with E-state index in [2.05, 4.69) is 20.9 Å². The van der Waals surface area contributed by atoms with Crippen LogP contribution in [0.5, 0.6) is 5.75 Å². The van der Waals surface area contributed by atoms with E-state index < -0.39 is 17.7 Å². The van der Waals surface area contributed by atoms with Gasteiger partial charge in [0.1, 0.15) is 17.3 Å². The second-order valence-electron chi connectivity index (χ2n) is 6.78. The van der Waals surface area contributed by atoms with Crippen molar-refractivity contribution in [3.63, 3.8) is 0 Å². The second kappa shape index (κ2) is 8.53. The highest BCUT2D eigenvalue weighted by Crippen LogP contribution is 2.42. The van der Waals surface area contributed by atoms with E-state index in [9.17, 15) is 14.7 Å². The van der Waals surface area contributed by atoms with Gasteiger partial charge in [-0.3, -0.25) is 14.5 Å². The first-order valence-electron chi connectivity index (χ1n) is 9.23. The standard InChI is InChI=1S/C23H16BrClN2O4/c1-31-17-9-4-13(5-10-17)20-19(21(28)14-2-7-16(25)8-3-14)22(29)23(30)27(20)18-11-6-15(24)12-26-18/h2-12,20,28H,1H3/b21-19+/t20-/m1/s1. The Labute approximate surface area is 191 Å². The van der Waals surface area contributed by atoms with E-state index in [0.717, 1.165) is 4.47 Å². The van der Waals surface area contributed by atoms with Crippen molar-refractivity contribution in [1.29, 1.82) is 0 Å². The predicted molar refractivity (Wildman–Crippen MR) is 121 cm³/mol. The topological polar surface area (TPSA) is 79.7 Å². The lowest BCUT2D eigenvalue weighted by molar-refractivity contribution is -0.132. The molecule has 1 N–H and O–H groups in total. The molecule has 2 heterocycles. The van der Waals surface area contributed by atoms with Gasteiger partial charge in [0.2, 0.25) is 0 Å². The van der Waals surface area contributed by atoms with E-state index in [-0.39, 0.29) is 11.3 Å². The van der Waals surface area contributed by atoms with Crippen LogP contribution in [0, 0.1) is 0 Å². The van der Waals surface area contributed by atoms with Crippen molar-refractivity contribution in [2.24, 2.45) is 0 Å². The van der Waals surface area contributed by atoms with Crippen molar-refractivity contribution in [3.05, 3.63) is 93.1 Å². The highest BCUT2D eigenvalue weighted by atomic mass is 79.9. The Morgan fingerprint density at radius 3 is 2.32 bits per heavy atom. The van der Waals surface area contributed by atoms with Crippen molar-refractivity contribution in [2.75, 3.05) is 12.0 Å². The van der Waals surface area contributed by atoms with Gasteiger partial charge < -0.3 is 9.84 Å². The fraction of sp³-hybridized carbons (Fsp3) is 0.0870. The zero-order valence-electron chi connectivity index (χ0n) is 16.3. The minimum atomic E-state index is -0.866. The molecule has 8 heteroatoms. The van der Waals surface area contributed by atoms with Crippen LogP contribution in [0.4, 0.5) is 5.82 Å². The van der Waals surface area contributed by atoms with E-state index >= 15 is 0 Å². The molecule has 0 bridgehead atoms. The van der Waals surface area contributed by atoms with Crippen molar-refractivity contribution >= 4 is 50.8 Å². The molecule has 1 aliphatic rings. The minimum absolute atomic E-state index is 0.0257. The number of hydrogen-bond acceptors (Lipinski definition) is 5. The average molecular weight is 500 g/mol. The van der Waals surface area contributed by atoms with E-state index in [1.165, 1.54) is 4.90 Å². The number of amides is 1. The summed E-state index contributed by atoms with van der Waals surface area (Å²) in [5.74, 6) is -0.930. The maximum atomic E-state index is 13.0. The number of aliphatic hydroxyl groups is 1. The van der Waals surface area contributed by atoms with Gasteiger partial charge >= 0.3 is 5.91 Å². The number of hydrogen-bond donors (Lipinski definition) is 1. The molecule has 6 nitrogen and oxygen atoms in total. The van der Waals surface area contributed by atoms with Crippen LogP contribution in [0.15, 0.2) is 76.9 Å². The van der Waals surface area contributed by atoms with Gasteiger partial charge in [-0.15, -0.1) is 0 Å². The van der Waals surface area contributed by atoms with Crippen LogP contribution in [0.2, 0.25) is 5.02 Å². The summed E-state index contributed by atoms with van der Waals surface area (Å²) in [6.45, 7) is 0. The number of methoxy groups -OCH3 is 1. The largest absolute Gasteiger partial charge is 0.507 e. The summed E-state index contributed by atoms with van der Waals surface area (Å²) in [5.41, 5.74) is 0.979. The van der Waals surface area contributed by atoms with Gasteiger partial charge in [-0.2, -0.15) is 0 Å². The second-order valence-corrected chi connectivity index (χ2v) is 8.14. The van der Waals surface area contributed by atoms with E-state index in [1.807, 2.05) is 0 Å². The minimum Gasteiger partial charge on any atom is -0.507 e. The van der Waals surface area contributed by atoms with E-state index in [1.54, 1.807) is 74.0 Å². The first-order valence-corrected chi connectivity index (χ1v) is 10.4. The monoisotopic (exact) mass is 498 g/mol. The molecule has 1 saturated heterocycles. The Hall–Kier alpha value is -3.16. The van der Waals surface area contributed by atoms with Crippen LogP contribution in [0.3, 0.4) is 0 Å². The molecule has 1 aromatic heterocycles. The SMILES string of the molecule is COc1ccc([C@@H]2/C(=C(\O)c3ccc(Cl)cc3)C(=O)C(=O)N2c2ccc(Br)cn2)cc1. The number of ketones is 1. The third-order valence-electron chi connectivity index (χ3n) is 4.95. The molecule has 156 valence electrons. The third-order valence-corrected chi connectivity index (χ3v) is 5.67. The lowest BCUT2D eigenvalue weighted by Crippen LogP contribution is -2.30. The number of aromatic nitrogens is 1. The van der Waals surface area contributed by atoms with Gasteiger partial charge in [0, 0.05) is 21.3 Å². The molecule has 1 aliphatic heterocycles. The van der Waals surface area contributed by atoms with Gasteiger partial charge in [0.05, 0.1) is 18.7 Å². The fourth-order valence-corrected chi connectivity index (χ4v) is 3.80. The number of Topliss-reactive ketones (excluding diaryl/α,β-unsaturated/α-hetero) is 1. The Bertz CT molecular complexity index is 1180. The maximum Gasteiger partial charge on any atom is 0.301 e. The molecule has 0 radical (unpaired) electrons. The van der Waals surface area contributed by atoms with Crippen LogP contribution in [0.1, 0.15) is 17.2 Å². The van der Waals surface area contributed by atoms with Crippen molar-refractivity contribution in [3.8, 4) is 5.75 Å². The number of ether oxygens (including phenoxy) is 1. The highest BCUT2D eigenvalue weighted by Gasteiger charge is 2.47. The molecule has 0 saturated carbocycles. The maximum absolute atomic E-state index is 13.0. The quantitative estimate of drug-likeness (QED) is 0.306. The van der Waals surface area contributed by atoms with Crippen LogP contribution in [0.25, 0.3) is 5.76 Å².